The minimum absolute atomic E-state index is 0.125. The summed E-state index contributed by atoms with van der Waals surface area (Å²) in [6.07, 6.45) is -2.53. The third-order valence-corrected chi connectivity index (χ3v) is 6.61. The lowest BCUT2D eigenvalue weighted by molar-refractivity contribution is -0.385. The van der Waals surface area contributed by atoms with Gasteiger partial charge in [0.15, 0.2) is 0 Å². The van der Waals surface area contributed by atoms with Gasteiger partial charge in [-0.25, -0.2) is 4.79 Å². The maximum absolute atomic E-state index is 12.6. The fourth-order valence-electron chi connectivity index (χ4n) is 3.44. The number of alkyl halides is 3. The molecule has 0 heterocycles. The van der Waals surface area contributed by atoms with Gasteiger partial charge in [0.25, 0.3) is 10.9 Å². The van der Waals surface area contributed by atoms with Crippen molar-refractivity contribution in [1.29, 1.82) is 0 Å². The molecule has 0 bridgehead atoms. The van der Waals surface area contributed by atoms with Crippen molar-refractivity contribution in [2.45, 2.75) is 38.6 Å². The molecule has 3 aromatic carbocycles. The van der Waals surface area contributed by atoms with Crippen LogP contribution in [0.4, 0.5) is 23.7 Å². The van der Waals surface area contributed by atoms with Crippen LogP contribution in [0, 0.1) is 10.1 Å². The highest BCUT2D eigenvalue weighted by Crippen LogP contribution is 2.37. The van der Waals surface area contributed by atoms with Crippen molar-refractivity contribution in [2.24, 2.45) is 0 Å². The highest BCUT2D eigenvalue weighted by Gasteiger charge is 2.31. The first-order chi connectivity index (χ1) is 19.4. The van der Waals surface area contributed by atoms with E-state index < -0.39 is 33.9 Å². The molecule has 3 rings (SSSR count). The Balaban J connectivity index is 0.000000305. The second-order valence-corrected chi connectivity index (χ2v) is 9.85. The first-order valence-electron chi connectivity index (χ1n) is 12.4. The number of hydrogen-bond acceptors (Lipinski definition) is 6. The number of halogens is 4. The molecule has 3 aromatic rings. The Hall–Kier alpha value is -3.77. The Morgan fingerprint density at radius 2 is 1.66 bits per heavy atom. The van der Waals surface area contributed by atoms with Crippen LogP contribution in [0.3, 0.4) is 0 Å². The minimum atomic E-state index is -4.58. The first-order valence-corrected chi connectivity index (χ1v) is 13.8. The molecule has 1 N–H and O–H groups in total. The lowest BCUT2D eigenvalue weighted by atomic mass is 10.1. The van der Waals surface area contributed by atoms with Gasteiger partial charge >= 0.3 is 12.1 Å². The van der Waals surface area contributed by atoms with Crippen LogP contribution >= 0.6 is 23.4 Å². The Morgan fingerprint density at radius 3 is 2.17 bits per heavy atom. The van der Waals surface area contributed by atoms with E-state index in [4.69, 9.17) is 21.4 Å². The Labute approximate surface area is 244 Å². The van der Waals surface area contributed by atoms with E-state index in [1.54, 1.807) is 0 Å². The predicted molar refractivity (Wildman–Crippen MR) is 152 cm³/mol. The van der Waals surface area contributed by atoms with Crippen LogP contribution in [-0.4, -0.2) is 39.2 Å². The van der Waals surface area contributed by atoms with E-state index in [-0.39, 0.29) is 21.8 Å². The fraction of sp³-hybridized carbons (Fsp3) is 0.286. The van der Waals surface area contributed by atoms with Gasteiger partial charge in [0.05, 0.1) is 15.5 Å². The van der Waals surface area contributed by atoms with Gasteiger partial charge in [-0.15, -0.1) is 0 Å². The topological polar surface area (TPSA) is 110 Å². The largest absolute Gasteiger partial charge is 0.477 e. The number of benzene rings is 3. The van der Waals surface area contributed by atoms with Gasteiger partial charge in [0.2, 0.25) is 0 Å². The Bertz CT molecular complexity index is 1340. The zero-order valence-corrected chi connectivity index (χ0v) is 23.8. The maximum atomic E-state index is 12.6. The van der Waals surface area contributed by atoms with Crippen molar-refractivity contribution in [1.82, 2.24) is 4.90 Å². The lowest BCUT2D eigenvalue weighted by Gasteiger charge is -2.20. The number of nitro benzene ring substituents is 1. The molecule has 0 spiro atoms. The molecular formula is C28H28ClF3N2O6S. The van der Waals surface area contributed by atoms with Crippen LogP contribution in [0.1, 0.15) is 48.2 Å². The molecule has 0 aromatic heterocycles. The van der Waals surface area contributed by atoms with Gasteiger partial charge in [0.1, 0.15) is 17.1 Å². The number of carbonyl (C=O) groups is 2. The fourth-order valence-corrected chi connectivity index (χ4v) is 4.51. The van der Waals surface area contributed by atoms with E-state index in [1.165, 1.54) is 17.3 Å². The second kappa shape index (κ2) is 15.9. The van der Waals surface area contributed by atoms with Crippen molar-refractivity contribution in [3.63, 3.8) is 0 Å². The zero-order chi connectivity index (χ0) is 30.6. The summed E-state index contributed by atoms with van der Waals surface area (Å²) in [4.78, 5) is 34.9. The van der Waals surface area contributed by atoms with Crippen LogP contribution < -0.4 is 4.74 Å². The number of ether oxygens (including phenoxy) is 1. The lowest BCUT2D eigenvalue weighted by Crippen LogP contribution is -2.29. The summed E-state index contributed by atoms with van der Waals surface area (Å²) in [5, 5.41) is 19.6. The molecule has 0 fully saturated rings. The van der Waals surface area contributed by atoms with E-state index in [0.717, 1.165) is 62.0 Å². The molecule has 41 heavy (non-hydrogen) atoms. The van der Waals surface area contributed by atoms with Crippen LogP contribution in [-0.2, 0) is 11.9 Å². The summed E-state index contributed by atoms with van der Waals surface area (Å²) >= 11 is 7.12. The summed E-state index contributed by atoms with van der Waals surface area (Å²) in [7, 11) is 0. The van der Waals surface area contributed by atoms with Crippen molar-refractivity contribution >= 4 is 40.3 Å². The minimum Gasteiger partial charge on any atom is -0.477 e. The summed E-state index contributed by atoms with van der Waals surface area (Å²) < 4.78 is 42.9. The number of nitrogens with zero attached hydrogens (tertiary/aromatic N) is 2. The summed E-state index contributed by atoms with van der Waals surface area (Å²) in [6.45, 7) is 5.96. The summed E-state index contributed by atoms with van der Waals surface area (Å²) in [6, 6.07) is 15.4. The van der Waals surface area contributed by atoms with Crippen LogP contribution in [0.2, 0.25) is 5.02 Å². The molecule has 1 amide bonds. The molecule has 0 saturated heterocycles. The molecule has 0 saturated carbocycles. The van der Waals surface area contributed by atoms with Gasteiger partial charge in [-0.3, -0.25) is 14.9 Å². The summed E-state index contributed by atoms with van der Waals surface area (Å²) in [5.41, 5.74) is -1.04. The maximum Gasteiger partial charge on any atom is 0.416 e. The predicted octanol–water partition coefficient (Wildman–Crippen LogP) is 8.92. The molecule has 0 unspecified atom stereocenters. The molecule has 13 heteroatoms. The van der Waals surface area contributed by atoms with Crippen LogP contribution in [0.25, 0.3) is 0 Å². The molecule has 8 nitrogen and oxygen atoms in total. The number of carboxylic acids is 1. The van der Waals surface area contributed by atoms with Gasteiger partial charge in [0, 0.05) is 31.0 Å². The van der Waals surface area contributed by atoms with Gasteiger partial charge in [-0.1, -0.05) is 67.5 Å². The second-order valence-electron chi connectivity index (χ2n) is 8.51. The van der Waals surface area contributed by atoms with Crippen LogP contribution in [0.15, 0.2) is 66.7 Å². The van der Waals surface area contributed by atoms with Gasteiger partial charge in [-0.2, -0.15) is 13.2 Å². The average Bonchev–Trinajstić information content (AvgIpc) is 2.93. The molecule has 0 aliphatic carbocycles. The molecular weight excluding hydrogens is 585 g/mol. The van der Waals surface area contributed by atoms with E-state index in [2.05, 4.69) is 26.0 Å². The van der Waals surface area contributed by atoms with Gasteiger partial charge in [-0.05, 0) is 42.7 Å². The SMILES string of the molecule is CCCN(CCC)C(=O)SCc1ccccc1.O=C(O)c1cc(Oc2ccc(C(F)(F)F)cc2Cl)ccc1[N+](=O)[O-]. The number of rotatable bonds is 10. The number of carboxylic acid groups (broad SMARTS) is 1. The molecule has 0 aliphatic rings. The Morgan fingerprint density at radius 1 is 1.02 bits per heavy atom. The van der Waals surface area contributed by atoms with E-state index >= 15 is 0 Å². The van der Waals surface area contributed by atoms with Crippen LogP contribution in [0.5, 0.6) is 11.5 Å². The quantitative estimate of drug-likeness (QED) is 0.180. The highest BCUT2D eigenvalue weighted by atomic mass is 35.5. The number of carbonyl (C=O) groups excluding carboxylic acids is 1. The number of aromatic carboxylic acids is 1. The van der Waals surface area contributed by atoms with Crippen molar-refractivity contribution in [3.8, 4) is 11.5 Å². The standard InChI is InChI=1S/C14H7ClF3NO5.C14H21NOS/c15-10-5-7(14(16,17)18)1-4-12(10)24-8-2-3-11(19(22)23)9(6-8)13(20)21;1-3-10-15(11-4-2)14(16)17-12-13-8-6-5-7-9-13/h1-6H,(H,20,21);5-9H,3-4,10-12H2,1-2H3. The van der Waals surface area contributed by atoms with E-state index in [1.807, 2.05) is 23.1 Å². The monoisotopic (exact) mass is 612 g/mol. The zero-order valence-electron chi connectivity index (χ0n) is 22.2. The van der Waals surface area contributed by atoms with Crippen molar-refractivity contribution in [3.05, 3.63) is 98.6 Å². The smallest absolute Gasteiger partial charge is 0.416 e. The number of nitro groups is 1. The summed E-state index contributed by atoms with van der Waals surface area (Å²) in [5.74, 6) is -1.07. The number of hydrogen-bond donors (Lipinski definition) is 1. The average molecular weight is 613 g/mol. The highest BCUT2D eigenvalue weighted by molar-refractivity contribution is 8.12. The normalized spacial score (nSPS) is 10.8. The molecule has 0 radical (unpaired) electrons. The number of thioether (sulfide) groups is 1. The number of amides is 1. The van der Waals surface area contributed by atoms with Crippen molar-refractivity contribution in [2.75, 3.05) is 13.1 Å². The van der Waals surface area contributed by atoms with Gasteiger partial charge < -0.3 is 14.7 Å². The van der Waals surface area contributed by atoms with E-state index in [0.29, 0.717) is 6.07 Å². The molecule has 220 valence electrons. The third-order valence-electron chi connectivity index (χ3n) is 5.33. The third kappa shape index (κ3) is 10.6. The molecule has 0 atom stereocenters. The first kappa shape index (κ1) is 33.4. The molecule has 0 aliphatic heterocycles. The Kier molecular flexibility index (Phi) is 12.9. The van der Waals surface area contributed by atoms with Crippen molar-refractivity contribution < 1.29 is 37.5 Å². The van der Waals surface area contributed by atoms with E-state index in [9.17, 15) is 32.9 Å².